The van der Waals surface area contributed by atoms with E-state index in [0.29, 0.717) is 11.5 Å². The normalized spacial score (nSPS) is 20.0. The van der Waals surface area contributed by atoms with Crippen LogP contribution in [0, 0.1) is 5.92 Å². The van der Waals surface area contributed by atoms with Crippen LogP contribution in [0.15, 0.2) is 48.7 Å². The van der Waals surface area contributed by atoms with Gasteiger partial charge in [0.25, 0.3) is 5.91 Å². The summed E-state index contributed by atoms with van der Waals surface area (Å²) in [6, 6.07) is 14.5. The molecule has 3 heterocycles. The van der Waals surface area contributed by atoms with E-state index in [0.717, 1.165) is 64.2 Å². The van der Waals surface area contributed by atoms with Gasteiger partial charge in [0.2, 0.25) is 0 Å². The second-order valence-corrected chi connectivity index (χ2v) is 8.21. The van der Waals surface area contributed by atoms with Crippen molar-refractivity contribution in [2.24, 2.45) is 5.92 Å². The predicted octanol–water partition coefficient (Wildman–Crippen LogP) is 4.16. The number of ether oxygens (including phenoxy) is 1. The maximum Gasteiger partial charge on any atom is 0.255 e. The molecule has 1 atom stereocenters. The number of likely N-dealkylation sites (tertiary alicyclic amines) is 1. The van der Waals surface area contributed by atoms with E-state index in [1.807, 2.05) is 17.0 Å². The molecule has 2 fully saturated rings. The molecule has 2 aromatic rings. The standard InChI is InChI=1S/C24H31N3O2/c28-24(21-10-11-23(25-17-21)26-18-22-7-4-16-29-22)27-14-12-20(13-15-27)9-8-19-5-2-1-3-6-19/h1-3,5-6,10-11,17,20,22H,4,7-9,12-16,18H2,(H,25,26)/t22-/m0/s1. The van der Waals surface area contributed by atoms with Crippen molar-refractivity contribution in [2.75, 3.05) is 31.6 Å². The maximum absolute atomic E-state index is 12.8. The van der Waals surface area contributed by atoms with Crippen LogP contribution in [0.1, 0.15) is 48.0 Å². The summed E-state index contributed by atoms with van der Waals surface area (Å²) in [5.41, 5.74) is 2.08. The van der Waals surface area contributed by atoms with Gasteiger partial charge in [0.1, 0.15) is 5.82 Å². The van der Waals surface area contributed by atoms with Crippen molar-refractivity contribution in [3.8, 4) is 0 Å². The molecule has 1 N–H and O–H groups in total. The van der Waals surface area contributed by atoms with E-state index < -0.39 is 0 Å². The summed E-state index contributed by atoms with van der Waals surface area (Å²) in [7, 11) is 0. The van der Waals surface area contributed by atoms with E-state index in [1.54, 1.807) is 6.20 Å². The van der Waals surface area contributed by atoms with Gasteiger partial charge in [0, 0.05) is 32.4 Å². The number of hydrogen-bond donors (Lipinski definition) is 1. The number of nitrogens with one attached hydrogen (secondary N) is 1. The maximum atomic E-state index is 12.8. The highest BCUT2D eigenvalue weighted by Crippen LogP contribution is 2.23. The number of nitrogens with zero attached hydrogens (tertiary/aromatic N) is 2. The molecule has 2 saturated heterocycles. The summed E-state index contributed by atoms with van der Waals surface area (Å²) < 4.78 is 5.62. The van der Waals surface area contributed by atoms with Crippen molar-refractivity contribution >= 4 is 11.7 Å². The Bertz CT molecular complexity index is 764. The molecule has 2 aliphatic rings. The first-order valence-electron chi connectivity index (χ1n) is 10.9. The van der Waals surface area contributed by atoms with Crippen LogP contribution in [0.4, 0.5) is 5.82 Å². The molecule has 1 aromatic carbocycles. The number of benzene rings is 1. The number of carbonyl (C=O) groups excluding carboxylic acids is 1. The smallest absolute Gasteiger partial charge is 0.255 e. The summed E-state index contributed by atoms with van der Waals surface area (Å²) >= 11 is 0. The lowest BCUT2D eigenvalue weighted by Gasteiger charge is -2.32. The number of aromatic nitrogens is 1. The molecule has 1 aromatic heterocycles. The third-order valence-corrected chi connectivity index (χ3v) is 6.13. The average molecular weight is 394 g/mol. The van der Waals surface area contributed by atoms with Gasteiger partial charge in [-0.25, -0.2) is 4.98 Å². The summed E-state index contributed by atoms with van der Waals surface area (Å²) in [5.74, 6) is 1.61. The molecule has 154 valence electrons. The third-order valence-electron chi connectivity index (χ3n) is 6.13. The van der Waals surface area contributed by atoms with Gasteiger partial charge < -0.3 is 15.0 Å². The zero-order valence-electron chi connectivity index (χ0n) is 17.1. The Morgan fingerprint density at radius 2 is 1.93 bits per heavy atom. The minimum atomic E-state index is 0.102. The molecule has 1 amide bonds. The van der Waals surface area contributed by atoms with Crippen molar-refractivity contribution in [3.63, 3.8) is 0 Å². The molecule has 5 nitrogen and oxygen atoms in total. The molecule has 0 aliphatic carbocycles. The first-order chi connectivity index (χ1) is 14.3. The Balaban J connectivity index is 1.21. The van der Waals surface area contributed by atoms with Crippen LogP contribution >= 0.6 is 0 Å². The quantitative estimate of drug-likeness (QED) is 0.768. The number of piperidine rings is 1. The fraction of sp³-hybridized carbons (Fsp3) is 0.500. The van der Waals surface area contributed by atoms with Crippen LogP contribution in [-0.4, -0.2) is 48.1 Å². The molecule has 0 bridgehead atoms. The lowest BCUT2D eigenvalue weighted by atomic mass is 9.90. The fourth-order valence-electron chi connectivity index (χ4n) is 4.27. The molecule has 29 heavy (non-hydrogen) atoms. The third kappa shape index (κ3) is 5.57. The Labute approximate surface area is 173 Å². The van der Waals surface area contributed by atoms with E-state index in [1.165, 1.54) is 12.0 Å². The van der Waals surface area contributed by atoms with Gasteiger partial charge >= 0.3 is 0 Å². The van der Waals surface area contributed by atoms with E-state index in [4.69, 9.17) is 4.74 Å². The molecule has 0 radical (unpaired) electrons. The van der Waals surface area contributed by atoms with Crippen LogP contribution in [0.2, 0.25) is 0 Å². The molecule has 0 saturated carbocycles. The number of anilines is 1. The second-order valence-electron chi connectivity index (χ2n) is 8.21. The van der Waals surface area contributed by atoms with Gasteiger partial charge in [0.15, 0.2) is 0 Å². The number of pyridine rings is 1. The lowest BCUT2D eigenvalue weighted by molar-refractivity contribution is 0.0686. The molecule has 5 heteroatoms. The Kier molecular flexibility index (Phi) is 6.78. The second kappa shape index (κ2) is 9.88. The van der Waals surface area contributed by atoms with E-state index in [-0.39, 0.29) is 12.0 Å². The van der Waals surface area contributed by atoms with Crippen molar-refractivity contribution in [1.29, 1.82) is 0 Å². The Morgan fingerprint density at radius 3 is 2.62 bits per heavy atom. The molecule has 2 aliphatic heterocycles. The van der Waals surface area contributed by atoms with Gasteiger partial charge in [-0.1, -0.05) is 30.3 Å². The number of aryl methyl sites for hydroxylation is 1. The largest absolute Gasteiger partial charge is 0.376 e. The zero-order valence-corrected chi connectivity index (χ0v) is 17.1. The summed E-state index contributed by atoms with van der Waals surface area (Å²) in [6.07, 6.45) is 8.73. The first-order valence-corrected chi connectivity index (χ1v) is 10.9. The topological polar surface area (TPSA) is 54.5 Å². The molecule has 0 unspecified atom stereocenters. The number of carbonyl (C=O) groups is 1. The monoisotopic (exact) mass is 393 g/mol. The van der Waals surface area contributed by atoms with Crippen LogP contribution in [0.5, 0.6) is 0 Å². The van der Waals surface area contributed by atoms with Crippen molar-refractivity contribution in [1.82, 2.24) is 9.88 Å². The minimum absolute atomic E-state index is 0.102. The molecular formula is C24H31N3O2. The predicted molar refractivity (Wildman–Crippen MR) is 115 cm³/mol. The number of amides is 1. The number of rotatable bonds is 7. The minimum Gasteiger partial charge on any atom is -0.376 e. The van der Waals surface area contributed by atoms with Gasteiger partial charge in [-0.2, -0.15) is 0 Å². The zero-order chi connectivity index (χ0) is 19.9. The van der Waals surface area contributed by atoms with Gasteiger partial charge in [-0.15, -0.1) is 0 Å². The SMILES string of the molecule is O=C(c1ccc(NC[C@@H]2CCCO2)nc1)N1CCC(CCc2ccccc2)CC1. The van der Waals surface area contributed by atoms with Crippen molar-refractivity contribution in [3.05, 3.63) is 59.8 Å². The van der Waals surface area contributed by atoms with Crippen LogP contribution in [0.3, 0.4) is 0 Å². The van der Waals surface area contributed by atoms with E-state index in [2.05, 4.69) is 40.6 Å². The molecule has 4 rings (SSSR count). The van der Waals surface area contributed by atoms with Crippen LogP contribution < -0.4 is 5.32 Å². The van der Waals surface area contributed by atoms with Gasteiger partial charge in [-0.05, 0) is 62.1 Å². The van der Waals surface area contributed by atoms with Crippen molar-refractivity contribution in [2.45, 2.75) is 44.6 Å². The summed E-state index contributed by atoms with van der Waals surface area (Å²) in [6.45, 7) is 3.32. The highest BCUT2D eigenvalue weighted by atomic mass is 16.5. The highest BCUT2D eigenvalue weighted by Gasteiger charge is 2.23. The summed E-state index contributed by atoms with van der Waals surface area (Å²) in [4.78, 5) is 19.2. The number of hydrogen-bond acceptors (Lipinski definition) is 4. The lowest BCUT2D eigenvalue weighted by Crippen LogP contribution is -2.38. The van der Waals surface area contributed by atoms with Crippen molar-refractivity contribution < 1.29 is 9.53 Å². The van der Waals surface area contributed by atoms with Crippen LogP contribution in [0.25, 0.3) is 0 Å². The molecular weight excluding hydrogens is 362 g/mol. The van der Waals surface area contributed by atoms with Gasteiger partial charge in [-0.3, -0.25) is 4.79 Å². The summed E-state index contributed by atoms with van der Waals surface area (Å²) in [5, 5.41) is 3.30. The van der Waals surface area contributed by atoms with E-state index in [9.17, 15) is 4.79 Å². The Morgan fingerprint density at radius 1 is 1.10 bits per heavy atom. The Hall–Kier alpha value is -2.40. The van der Waals surface area contributed by atoms with E-state index >= 15 is 0 Å². The van der Waals surface area contributed by atoms with Crippen LogP contribution in [-0.2, 0) is 11.2 Å². The average Bonchev–Trinajstić information content (AvgIpc) is 3.31. The molecule has 0 spiro atoms. The first kappa shape index (κ1) is 19.9. The fourth-order valence-corrected chi connectivity index (χ4v) is 4.27. The highest BCUT2D eigenvalue weighted by molar-refractivity contribution is 5.94. The van der Waals surface area contributed by atoms with Gasteiger partial charge in [0.05, 0.1) is 11.7 Å².